The van der Waals surface area contributed by atoms with Gasteiger partial charge in [0, 0.05) is 42.6 Å². The molecule has 2 aromatic heterocycles. The molecule has 8 heteroatoms. The van der Waals surface area contributed by atoms with Crippen molar-refractivity contribution in [2.75, 3.05) is 18.4 Å². The second-order valence-electron chi connectivity index (χ2n) is 7.92. The van der Waals surface area contributed by atoms with Crippen LogP contribution in [0.25, 0.3) is 11.4 Å². The molecule has 1 fully saturated rings. The number of hydrogen-bond donors (Lipinski definition) is 2. The Morgan fingerprint density at radius 1 is 1.20 bits per heavy atom. The maximum Gasteiger partial charge on any atom is 0.253 e. The van der Waals surface area contributed by atoms with E-state index in [0.717, 1.165) is 29.3 Å². The number of anilines is 2. The highest BCUT2D eigenvalue weighted by molar-refractivity contribution is 5.94. The largest absolute Gasteiger partial charge is 0.337 e. The van der Waals surface area contributed by atoms with Crippen molar-refractivity contribution in [2.24, 2.45) is 5.73 Å². The summed E-state index contributed by atoms with van der Waals surface area (Å²) in [6.45, 7) is 7.57. The molecule has 0 spiro atoms. The molecule has 1 atom stereocenters. The Balaban J connectivity index is 1.50. The molecule has 1 amide bonds. The Kier molecular flexibility index (Phi) is 5.50. The van der Waals surface area contributed by atoms with Gasteiger partial charge in [-0.25, -0.2) is 15.0 Å². The number of aromatic nitrogens is 4. The van der Waals surface area contributed by atoms with E-state index < -0.39 is 0 Å². The molecule has 1 aliphatic rings. The summed E-state index contributed by atoms with van der Waals surface area (Å²) in [4.78, 5) is 27.8. The van der Waals surface area contributed by atoms with Crippen LogP contribution in [0.5, 0.6) is 0 Å². The number of nitrogens with two attached hydrogens (primary N) is 1. The number of rotatable bonds is 5. The Morgan fingerprint density at radius 3 is 2.63 bits per heavy atom. The molecule has 1 aromatic carbocycles. The number of carbonyl (C=O) groups is 1. The Morgan fingerprint density at radius 2 is 1.97 bits per heavy atom. The molecule has 3 heterocycles. The molecule has 0 radical (unpaired) electrons. The van der Waals surface area contributed by atoms with E-state index in [4.69, 9.17) is 5.73 Å². The Hall–Kier alpha value is -3.26. The normalized spacial score (nSPS) is 16.3. The number of benzene rings is 1. The topological polar surface area (TPSA) is 102 Å². The van der Waals surface area contributed by atoms with Crippen LogP contribution in [0.1, 0.15) is 42.5 Å². The predicted molar refractivity (Wildman–Crippen MR) is 117 cm³/mol. The van der Waals surface area contributed by atoms with Crippen LogP contribution >= 0.6 is 0 Å². The second kappa shape index (κ2) is 8.23. The quantitative estimate of drug-likeness (QED) is 0.676. The molecule has 3 N–H and O–H groups in total. The lowest BCUT2D eigenvalue weighted by molar-refractivity contribution is 0.0791. The summed E-state index contributed by atoms with van der Waals surface area (Å²) in [5.41, 5.74) is 9.14. The van der Waals surface area contributed by atoms with Crippen molar-refractivity contribution in [3.8, 4) is 11.4 Å². The molecule has 0 bridgehead atoms. The molecular weight excluding hydrogens is 378 g/mol. The van der Waals surface area contributed by atoms with Crippen molar-refractivity contribution >= 4 is 17.5 Å². The van der Waals surface area contributed by atoms with Crippen molar-refractivity contribution in [1.29, 1.82) is 0 Å². The molecule has 3 aromatic rings. The van der Waals surface area contributed by atoms with Gasteiger partial charge < -0.3 is 20.5 Å². The molecule has 30 heavy (non-hydrogen) atoms. The molecule has 0 saturated carbocycles. The zero-order valence-corrected chi connectivity index (χ0v) is 17.5. The highest BCUT2D eigenvalue weighted by Gasteiger charge is 2.24. The molecular formula is C22H27N7O. The van der Waals surface area contributed by atoms with Crippen LogP contribution in [0.3, 0.4) is 0 Å². The second-order valence-corrected chi connectivity index (χ2v) is 7.92. The highest BCUT2D eigenvalue weighted by atomic mass is 16.2. The first kappa shape index (κ1) is 20.0. The fourth-order valence-corrected chi connectivity index (χ4v) is 3.84. The van der Waals surface area contributed by atoms with Crippen LogP contribution in [0.4, 0.5) is 11.6 Å². The number of hydrogen-bond acceptors (Lipinski definition) is 6. The number of nitrogens with zero attached hydrogens (tertiary/aromatic N) is 5. The SMILES string of the molecule is Cc1ncc(-c2ccnc(Nc3ccc(C(=O)N4CC[C@H](N)C4)cc3)n2)n1C(C)C. The lowest BCUT2D eigenvalue weighted by Gasteiger charge is -2.16. The fraction of sp³-hybridized carbons (Fsp3) is 0.364. The minimum absolute atomic E-state index is 0.0186. The number of aryl methyl sites for hydroxylation is 1. The summed E-state index contributed by atoms with van der Waals surface area (Å²) in [5.74, 6) is 1.46. The van der Waals surface area contributed by atoms with E-state index in [1.54, 1.807) is 11.1 Å². The molecule has 1 aliphatic heterocycles. The number of carbonyl (C=O) groups excluding carboxylic acids is 1. The van der Waals surface area contributed by atoms with Gasteiger partial charge in [0.05, 0.1) is 17.6 Å². The number of imidazole rings is 1. The minimum atomic E-state index is 0.0186. The van der Waals surface area contributed by atoms with Gasteiger partial charge in [0.2, 0.25) is 5.95 Å². The maximum absolute atomic E-state index is 12.6. The van der Waals surface area contributed by atoms with Gasteiger partial charge in [-0.1, -0.05) is 0 Å². The number of likely N-dealkylation sites (tertiary alicyclic amines) is 1. The van der Waals surface area contributed by atoms with Crippen molar-refractivity contribution < 1.29 is 4.79 Å². The van der Waals surface area contributed by atoms with Gasteiger partial charge in [0.25, 0.3) is 5.91 Å². The minimum Gasteiger partial charge on any atom is -0.337 e. The Labute approximate surface area is 176 Å². The van der Waals surface area contributed by atoms with E-state index in [1.807, 2.05) is 43.5 Å². The standard InChI is InChI=1S/C22H27N7O/c1-14(2)29-15(3)25-12-20(29)19-8-10-24-22(27-19)26-18-6-4-16(5-7-18)21(30)28-11-9-17(23)13-28/h4-8,10,12,14,17H,9,11,13,23H2,1-3H3,(H,24,26,27)/t17-/m0/s1. The van der Waals surface area contributed by atoms with E-state index in [2.05, 4.69) is 38.7 Å². The van der Waals surface area contributed by atoms with Crippen LogP contribution in [0.15, 0.2) is 42.7 Å². The number of amides is 1. The van der Waals surface area contributed by atoms with Gasteiger partial charge in [0.15, 0.2) is 0 Å². The molecule has 0 aliphatic carbocycles. The monoisotopic (exact) mass is 405 g/mol. The van der Waals surface area contributed by atoms with E-state index >= 15 is 0 Å². The zero-order valence-electron chi connectivity index (χ0n) is 17.5. The van der Waals surface area contributed by atoms with Gasteiger partial charge in [0.1, 0.15) is 5.82 Å². The van der Waals surface area contributed by atoms with Crippen LogP contribution in [0.2, 0.25) is 0 Å². The average Bonchev–Trinajstić information content (AvgIpc) is 3.34. The van der Waals surface area contributed by atoms with Crippen molar-refractivity contribution in [3.63, 3.8) is 0 Å². The van der Waals surface area contributed by atoms with Gasteiger partial charge in [-0.3, -0.25) is 4.79 Å². The summed E-state index contributed by atoms with van der Waals surface area (Å²) in [6.07, 6.45) is 4.42. The van der Waals surface area contributed by atoms with Crippen molar-refractivity contribution in [1.82, 2.24) is 24.4 Å². The smallest absolute Gasteiger partial charge is 0.253 e. The first-order chi connectivity index (χ1) is 14.4. The van der Waals surface area contributed by atoms with Crippen LogP contribution < -0.4 is 11.1 Å². The molecule has 1 saturated heterocycles. The van der Waals surface area contributed by atoms with Crippen molar-refractivity contribution in [2.45, 2.75) is 39.3 Å². The van der Waals surface area contributed by atoms with Gasteiger partial charge in [-0.2, -0.15) is 0 Å². The van der Waals surface area contributed by atoms with E-state index in [9.17, 15) is 4.79 Å². The van der Waals surface area contributed by atoms with Gasteiger partial charge >= 0.3 is 0 Å². The van der Waals surface area contributed by atoms with Gasteiger partial charge in [-0.05, 0) is 57.5 Å². The maximum atomic E-state index is 12.6. The van der Waals surface area contributed by atoms with E-state index in [1.165, 1.54) is 0 Å². The first-order valence-electron chi connectivity index (χ1n) is 10.2. The van der Waals surface area contributed by atoms with Crippen molar-refractivity contribution in [3.05, 3.63) is 54.1 Å². The lowest BCUT2D eigenvalue weighted by atomic mass is 10.2. The van der Waals surface area contributed by atoms with E-state index in [-0.39, 0.29) is 18.0 Å². The molecule has 0 unspecified atom stereocenters. The predicted octanol–water partition coefficient (Wildman–Crippen LogP) is 3.15. The van der Waals surface area contributed by atoms with Crippen LogP contribution in [0, 0.1) is 6.92 Å². The van der Waals surface area contributed by atoms with Gasteiger partial charge in [-0.15, -0.1) is 0 Å². The Bertz CT molecular complexity index is 1040. The average molecular weight is 406 g/mol. The highest BCUT2D eigenvalue weighted by Crippen LogP contribution is 2.24. The molecule has 156 valence electrons. The van der Waals surface area contributed by atoms with Crippen LogP contribution in [-0.4, -0.2) is 49.5 Å². The zero-order chi connectivity index (χ0) is 21.3. The fourth-order valence-electron chi connectivity index (χ4n) is 3.84. The summed E-state index contributed by atoms with van der Waals surface area (Å²) in [5, 5.41) is 3.22. The third-order valence-corrected chi connectivity index (χ3v) is 5.32. The van der Waals surface area contributed by atoms with E-state index in [0.29, 0.717) is 24.6 Å². The number of nitrogens with one attached hydrogen (secondary N) is 1. The summed E-state index contributed by atoms with van der Waals surface area (Å²) >= 11 is 0. The summed E-state index contributed by atoms with van der Waals surface area (Å²) < 4.78 is 2.15. The lowest BCUT2D eigenvalue weighted by Crippen LogP contribution is -2.31. The molecule has 4 rings (SSSR count). The molecule has 8 nitrogen and oxygen atoms in total. The third kappa shape index (κ3) is 4.04. The van der Waals surface area contributed by atoms with Crippen LogP contribution in [-0.2, 0) is 0 Å². The first-order valence-corrected chi connectivity index (χ1v) is 10.2. The third-order valence-electron chi connectivity index (χ3n) is 5.32. The summed E-state index contributed by atoms with van der Waals surface area (Å²) in [6, 6.07) is 9.59. The summed E-state index contributed by atoms with van der Waals surface area (Å²) in [7, 11) is 0.